The monoisotopic (exact) mass is 1520 g/mol. The van der Waals surface area contributed by atoms with E-state index in [1.54, 1.807) is 5.57 Å². The highest BCUT2D eigenvalue weighted by atomic mass is 31.2. The van der Waals surface area contributed by atoms with Crippen LogP contribution in [0.3, 0.4) is 0 Å². The van der Waals surface area contributed by atoms with Crippen molar-refractivity contribution in [2.45, 2.75) is 254 Å². The zero-order valence-electron chi connectivity index (χ0n) is 68.0. The Bertz CT molecular complexity index is 2630. The van der Waals surface area contributed by atoms with Crippen molar-refractivity contribution in [3.8, 4) is 0 Å². The maximum atomic E-state index is 12.8. The zero-order chi connectivity index (χ0) is 76.0. The second kappa shape index (κ2) is 45.6. The van der Waals surface area contributed by atoms with E-state index < -0.39 is 26.2 Å². The second-order valence-electron chi connectivity index (χ2n) is 35.6. The minimum Gasteiger partial charge on any atom is -0.446 e. The minimum atomic E-state index is -4.13. The van der Waals surface area contributed by atoms with Crippen LogP contribution in [0.5, 0.6) is 0 Å². The van der Waals surface area contributed by atoms with Crippen LogP contribution in [0.4, 0.5) is 9.59 Å². The highest BCUT2D eigenvalue weighted by Crippen LogP contribution is 2.69. The van der Waals surface area contributed by atoms with Crippen LogP contribution in [-0.4, -0.2) is 197 Å². The normalized spacial score (nSPS) is 31.4. The Morgan fingerprint density at radius 3 is 1.33 bits per heavy atom. The number of nitrogens with one attached hydrogen (secondary N) is 2. The lowest BCUT2D eigenvalue weighted by Gasteiger charge is -2.58. The van der Waals surface area contributed by atoms with Crippen LogP contribution in [0.25, 0.3) is 0 Å². The van der Waals surface area contributed by atoms with Crippen LogP contribution in [0.2, 0.25) is 0 Å². The number of fused-ring (bicyclic) bond motifs is 10. The van der Waals surface area contributed by atoms with E-state index in [9.17, 15) is 29.3 Å². The quantitative estimate of drug-likeness (QED) is 0.0216. The number of carbonyl (C=O) groups is 2. The molecule has 8 aliphatic rings. The van der Waals surface area contributed by atoms with Crippen molar-refractivity contribution in [3.05, 3.63) is 23.3 Å². The summed E-state index contributed by atoms with van der Waals surface area (Å²) in [5, 5.41) is 26.0. The number of hydrogen-bond acceptors (Lipinski definition) is 17. The summed E-state index contributed by atoms with van der Waals surface area (Å²) < 4.78 is 80.6. The maximum Gasteiger partial charge on any atom is 0.407 e. The first-order valence-corrected chi connectivity index (χ1v) is 44.5. The number of aliphatic hydroxyl groups is 2. The van der Waals surface area contributed by atoms with Crippen molar-refractivity contribution in [2.24, 2.45) is 98.6 Å². The molecule has 2 amide bonds. The highest BCUT2D eigenvalue weighted by molar-refractivity contribution is 7.52. The molecule has 0 radical (unpaired) electrons. The second-order valence-corrected chi connectivity index (χ2v) is 37.5. The van der Waals surface area contributed by atoms with Crippen LogP contribution in [0.15, 0.2) is 23.3 Å². The topological polar surface area (TPSA) is 247 Å². The first-order chi connectivity index (χ1) is 51.0. The lowest BCUT2D eigenvalue weighted by Crippen LogP contribution is -2.51. The minimum absolute atomic E-state index is 0.0435. The fourth-order valence-corrected chi connectivity index (χ4v) is 23.1. The molecule has 8 rings (SSSR count). The van der Waals surface area contributed by atoms with Crippen LogP contribution in [0.1, 0.15) is 236 Å². The summed E-state index contributed by atoms with van der Waals surface area (Å²) in [7, 11) is -4.13. The summed E-state index contributed by atoms with van der Waals surface area (Å²) in [5.41, 5.74) is 4.51. The molecule has 21 heteroatoms. The predicted octanol–water partition coefficient (Wildman–Crippen LogP) is 16.1. The molecule has 8 aliphatic carbocycles. The summed E-state index contributed by atoms with van der Waals surface area (Å²) in [4.78, 5) is 36.1. The molecular weight excluding hydrogens is 1370 g/mol. The Hall–Kier alpha value is -2.27. The molecule has 0 bridgehead atoms. The third-order valence-corrected chi connectivity index (χ3v) is 28.9. The molecule has 0 aromatic rings. The summed E-state index contributed by atoms with van der Waals surface area (Å²) in [6.45, 7) is 31.9. The number of carbonyl (C=O) groups excluding carboxylic acids is 2. The van der Waals surface area contributed by atoms with Gasteiger partial charge in [-0.05, 0) is 208 Å². The summed E-state index contributed by atoms with van der Waals surface area (Å²) in [6.07, 6.45) is 33.3. The standard InChI is InChI=1S/C85H151N2O18P/c1-62(2)17-11-19-64(5)74-25-27-76-72-23-21-67-55-70(29-33-82(67,7)78(72)31-35-84(74,76)9)104-80(90)86-37-13-39-97-47-48-99-49-50-100-52-54-102-59-69(89)60-103-106(92,93)61-66(57-88)58-101-53-51-98-45-16-43-95-41-14-40-94-42-15-44-96-46-38-87-81(91)105-71-30-34-83(8)68(56-71)22-24-73-77-28-26-75(65(6)20-12-18-63(3)4)85(77,10)36-32-79(73)83/h21-22,62-66,69-79,88-89H,11-20,23-61H2,1-10H3,(H,86,90)(H,87,91)(H,92,93)/t64-,65-,66?,69?,70-,71-,72?,73?,74?,75?,76?,77?,78?,79?,82-,83-,84+,85+/m0/s1. The number of alkyl carbamates (subject to hydrolysis) is 2. The van der Waals surface area contributed by atoms with Gasteiger partial charge >= 0.3 is 19.8 Å². The van der Waals surface area contributed by atoms with E-state index in [4.69, 9.17) is 56.6 Å². The molecule has 6 fully saturated rings. The SMILES string of the molecule is CC(C)CCC[C@H](C)C1CCC2C3CC=C4C[C@@H](OC(=O)NCCCOCCOCCOCCOCC(O)COP(=O)(O)CC(CO)COCCOCCCOCCCOCCCOCCNC(=O)O[C@H]5CC[C@@]6(C)C(=CCC7C8CCC([C@@H](C)CCCC(C)C)[C@@]8(C)CCC76)C5)CC[C@]4(C)C3CC[C@@]21C. The first kappa shape index (κ1) is 89.3. The lowest BCUT2D eigenvalue weighted by atomic mass is 9.47. The van der Waals surface area contributed by atoms with E-state index in [1.165, 1.54) is 108 Å². The van der Waals surface area contributed by atoms with Gasteiger partial charge in [-0.1, -0.05) is 131 Å². The summed E-state index contributed by atoms with van der Waals surface area (Å²) in [5.74, 6) is 9.12. The number of hydrogen-bond donors (Lipinski definition) is 5. The van der Waals surface area contributed by atoms with E-state index in [1.807, 2.05) is 0 Å². The number of allylic oxidation sites excluding steroid dienone is 2. The smallest absolute Gasteiger partial charge is 0.407 e. The van der Waals surface area contributed by atoms with Crippen molar-refractivity contribution < 1.29 is 85.9 Å². The van der Waals surface area contributed by atoms with Crippen LogP contribution < -0.4 is 10.6 Å². The Kier molecular flexibility index (Phi) is 38.4. The molecule has 20 nitrogen and oxygen atoms in total. The van der Waals surface area contributed by atoms with Gasteiger partial charge < -0.3 is 82.4 Å². The average molecular weight is 1520 g/mol. The van der Waals surface area contributed by atoms with Crippen molar-refractivity contribution in [1.82, 2.24) is 10.6 Å². The molecule has 0 spiro atoms. The number of amides is 2. The van der Waals surface area contributed by atoms with Crippen molar-refractivity contribution in [3.63, 3.8) is 0 Å². The Morgan fingerprint density at radius 1 is 0.472 bits per heavy atom. The van der Waals surface area contributed by atoms with Gasteiger partial charge in [-0.3, -0.25) is 4.57 Å². The molecule has 0 aromatic carbocycles. The first-order valence-electron chi connectivity index (χ1n) is 42.7. The maximum absolute atomic E-state index is 12.8. The highest BCUT2D eigenvalue weighted by Gasteiger charge is 2.61. The van der Waals surface area contributed by atoms with E-state index in [2.05, 4.69) is 92.0 Å². The number of aliphatic hydroxyl groups excluding tert-OH is 2. The van der Waals surface area contributed by atoms with Crippen molar-refractivity contribution in [1.29, 1.82) is 0 Å². The Balaban J connectivity index is 0.520. The fourth-order valence-electron chi connectivity index (χ4n) is 21.7. The third kappa shape index (κ3) is 26.9. The summed E-state index contributed by atoms with van der Waals surface area (Å²) in [6, 6.07) is 0. The van der Waals surface area contributed by atoms with Gasteiger partial charge in [0.2, 0.25) is 0 Å². The van der Waals surface area contributed by atoms with Gasteiger partial charge in [-0.2, -0.15) is 0 Å². The Labute approximate surface area is 641 Å². The molecule has 0 heterocycles. The lowest BCUT2D eigenvalue weighted by molar-refractivity contribution is -0.0581. The van der Waals surface area contributed by atoms with E-state index in [0.29, 0.717) is 123 Å². The average Bonchev–Trinajstić information content (AvgIpc) is 1.52. The van der Waals surface area contributed by atoms with E-state index in [0.717, 1.165) is 122 Å². The number of rotatable bonds is 53. The van der Waals surface area contributed by atoms with Crippen molar-refractivity contribution in [2.75, 3.05) is 151 Å². The molecule has 106 heavy (non-hydrogen) atoms. The van der Waals surface area contributed by atoms with Gasteiger partial charge in [0, 0.05) is 84.7 Å². The molecule has 5 N–H and O–H groups in total. The Morgan fingerprint density at radius 2 is 0.877 bits per heavy atom. The van der Waals surface area contributed by atoms with E-state index >= 15 is 0 Å². The largest absolute Gasteiger partial charge is 0.446 e. The van der Waals surface area contributed by atoms with Gasteiger partial charge in [0.25, 0.3) is 0 Å². The molecule has 0 aliphatic heterocycles. The van der Waals surface area contributed by atoms with Crippen LogP contribution in [-0.2, 0) is 61.2 Å². The molecule has 19 atom stereocenters. The zero-order valence-corrected chi connectivity index (χ0v) is 68.8. The van der Waals surface area contributed by atoms with Crippen LogP contribution in [0, 0.1) is 98.6 Å². The fraction of sp³-hybridized carbons (Fsp3) is 0.929. The third-order valence-electron chi connectivity index (χ3n) is 27.4. The van der Waals surface area contributed by atoms with Crippen molar-refractivity contribution >= 4 is 19.8 Å². The molecule has 6 saturated carbocycles. The molecule has 11 unspecified atom stereocenters. The van der Waals surface area contributed by atoms with Gasteiger partial charge in [-0.15, -0.1) is 0 Å². The molecule has 614 valence electrons. The molecule has 0 aromatic heterocycles. The van der Waals surface area contributed by atoms with Gasteiger partial charge in [-0.25, -0.2) is 9.59 Å². The summed E-state index contributed by atoms with van der Waals surface area (Å²) >= 11 is 0. The molecule has 0 saturated heterocycles. The number of ether oxygens (including phenoxy) is 11. The van der Waals surface area contributed by atoms with E-state index in [-0.39, 0.29) is 81.0 Å². The van der Waals surface area contributed by atoms with Crippen LogP contribution >= 0.6 is 7.60 Å². The predicted molar refractivity (Wildman–Crippen MR) is 416 cm³/mol. The van der Waals surface area contributed by atoms with Gasteiger partial charge in [0.1, 0.15) is 18.3 Å². The molecular formula is C85H151N2O18P. The van der Waals surface area contributed by atoms with Gasteiger partial charge in [0.05, 0.1) is 85.4 Å². The van der Waals surface area contributed by atoms with Gasteiger partial charge in [0.15, 0.2) is 0 Å².